The molecule has 2 aliphatic heterocycles. The molecule has 104 valence electrons. The lowest BCUT2D eigenvalue weighted by Gasteiger charge is -2.09. The van der Waals surface area contributed by atoms with Gasteiger partial charge < -0.3 is 10.1 Å². The summed E-state index contributed by atoms with van der Waals surface area (Å²) in [4.78, 5) is 0. The van der Waals surface area contributed by atoms with Gasteiger partial charge in [0.1, 0.15) is 5.75 Å². The van der Waals surface area contributed by atoms with Gasteiger partial charge in [0.15, 0.2) is 0 Å². The molecule has 1 aromatic heterocycles. The number of fused-ring (bicyclic) bond motifs is 1. The number of rotatable bonds is 2. The van der Waals surface area contributed by atoms with Crippen molar-refractivity contribution in [3.63, 3.8) is 0 Å². The van der Waals surface area contributed by atoms with Gasteiger partial charge in [-0.15, -0.1) is 0 Å². The lowest BCUT2D eigenvalue weighted by atomic mass is 10.1. The highest BCUT2D eigenvalue weighted by Gasteiger charge is 2.21. The van der Waals surface area contributed by atoms with Crippen LogP contribution in [0.25, 0.3) is 11.3 Å². The van der Waals surface area contributed by atoms with Crippen LogP contribution in [-0.4, -0.2) is 22.9 Å². The third kappa shape index (κ3) is 1.91. The number of benzene rings is 1. The smallest absolute Gasteiger partial charge is 0.122 e. The lowest BCUT2D eigenvalue weighted by molar-refractivity contribution is 0.357. The molecule has 20 heavy (non-hydrogen) atoms. The standard InChI is InChI=1S/C16H19N3O/c1-19-15(13-3-2-7-17-13)10-14(18-19)11-4-5-16-12(9-11)6-8-20-16/h4-5,9-10,13,17H,2-3,6-8H2,1H3. The van der Waals surface area contributed by atoms with Crippen molar-refractivity contribution in [1.82, 2.24) is 15.1 Å². The summed E-state index contributed by atoms with van der Waals surface area (Å²) >= 11 is 0. The quantitative estimate of drug-likeness (QED) is 0.910. The summed E-state index contributed by atoms with van der Waals surface area (Å²) in [6, 6.07) is 9.08. The first-order valence-corrected chi connectivity index (χ1v) is 7.35. The zero-order chi connectivity index (χ0) is 13.5. The number of aryl methyl sites for hydroxylation is 1. The van der Waals surface area contributed by atoms with Gasteiger partial charge in [0.2, 0.25) is 0 Å². The normalized spacial score (nSPS) is 20.9. The van der Waals surface area contributed by atoms with Crippen LogP contribution in [0.2, 0.25) is 0 Å². The first kappa shape index (κ1) is 12.0. The first-order valence-electron chi connectivity index (χ1n) is 7.35. The summed E-state index contributed by atoms with van der Waals surface area (Å²) in [5.41, 5.74) is 4.84. The van der Waals surface area contributed by atoms with E-state index in [1.807, 2.05) is 11.7 Å². The number of hydrogen-bond acceptors (Lipinski definition) is 3. The molecule has 1 saturated heterocycles. The Labute approximate surface area is 118 Å². The summed E-state index contributed by atoms with van der Waals surface area (Å²) in [5.74, 6) is 1.03. The van der Waals surface area contributed by atoms with Gasteiger partial charge in [-0.25, -0.2) is 0 Å². The fraction of sp³-hybridized carbons (Fsp3) is 0.438. The fourth-order valence-electron chi connectivity index (χ4n) is 3.23. The van der Waals surface area contributed by atoms with E-state index >= 15 is 0 Å². The van der Waals surface area contributed by atoms with Crippen LogP contribution in [-0.2, 0) is 13.5 Å². The van der Waals surface area contributed by atoms with E-state index in [0.717, 1.165) is 31.0 Å². The van der Waals surface area contributed by atoms with Gasteiger partial charge in [-0.2, -0.15) is 5.10 Å². The lowest BCUT2D eigenvalue weighted by Crippen LogP contribution is -2.16. The average Bonchev–Trinajstić information content (AvgIpc) is 3.17. The molecule has 4 rings (SSSR count). The van der Waals surface area contributed by atoms with E-state index < -0.39 is 0 Å². The minimum atomic E-state index is 0.457. The molecule has 2 aromatic rings. The predicted molar refractivity (Wildman–Crippen MR) is 77.8 cm³/mol. The molecular weight excluding hydrogens is 250 g/mol. The molecule has 4 heteroatoms. The second kappa shape index (κ2) is 4.63. The fourth-order valence-corrected chi connectivity index (χ4v) is 3.23. The highest BCUT2D eigenvalue weighted by molar-refractivity contribution is 5.63. The molecule has 0 amide bonds. The van der Waals surface area contributed by atoms with Crippen molar-refractivity contribution in [2.24, 2.45) is 7.05 Å². The topological polar surface area (TPSA) is 39.1 Å². The molecule has 1 atom stereocenters. The molecule has 1 unspecified atom stereocenters. The molecule has 0 bridgehead atoms. The van der Waals surface area contributed by atoms with Crippen LogP contribution in [0.5, 0.6) is 5.75 Å². The largest absolute Gasteiger partial charge is 0.493 e. The highest BCUT2D eigenvalue weighted by Crippen LogP contribution is 2.31. The molecule has 4 nitrogen and oxygen atoms in total. The second-order valence-electron chi connectivity index (χ2n) is 5.65. The van der Waals surface area contributed by atoms with E-state index in [1.54, 1.807) is 0 Å². The van der Waals surface area contributed by atoms with Gasteiger partial charge in [0.05, 0.1) is 18.0 Å². The Hall–Kier alpha value is -1.81. The maximum Gasteiger partial charge on any atom is 0.122 e. The molecule has 0 radical (unpaired) electrons. The van der Waals surface area contributed by atoms with E-state index in [2.05, 4.69) is 34.7 Å². The van der Waals surface area contributed by atoms with E-state index in [9.17, 15) is 0 Å². The third-order valence-corrected chi connectivity index (χ3v) is 4.32. The van der Waals surface area contributed by atoms with E-state index in [1.165, 1.54) is 29.7 Å². The summed E-state index contributed by atoms with van der Waals surface area (Å²) in [6.07, 6.45) is 3.46. The van der Waals surface area contributed by atoms with E-state index in [0.29, 0.717) is 6.04 Å². The van der Waals surface area contributed by atoms with Crippen LogP contribution in [0.3, 0.4) is 0 Å². The SMILES string of the molecule is Cn1nc(-c2ccc3c(c2)CCO3)cc1C1CCCN1. The highest BCUT2D eigenvalue weighted by atomic mass is 16.5. The third-order valence-electron chi connectivity index (χ3n) is 4.32. The van der Waals surface area contributed by atoms with E-state index in [-0.39, 0.29) is 0 Å². The van der Waals surface area contributed by atoms with Crippen LogP contribution in [0, 0.1) is 0 Å². The summed E-state index contributed by atoms with van der Waals surface area (Å²) in [7, 11) is 2.04. The Balaban J connectivity index is 1.70. The number of ether oxygens (including phenoxy) is 1. The molecule has 1 aromatic carbocycles. The van der Waals surface area contributed by atoms with Crippen LogP contribution in [0.15, 0.2) is 24.3 Å². The van der Waals surface area contributed by atoms with Gasteiger partial charge in [0.25, 0.3) is 0 Å². The number of nitrogens with one attached hydrogen (secondary N) is 1. The maximum atomic E-state index is 5.56. The van der Waals surface area contributed by atoms with Gasteiger partial charge in [-0.3, -0.25) is 4.68 Å². The predicted octanol–water partition coefficient (Wildman–Crippen LogP) is 2.45. The molecule has 3 heterocycles. The Morgan fingerprint density at radius 2 is 2.30 bits per heavy atom. The Bertz CT molecular complexity index is 641. The monoisotopic (exact) mass is 269 g/mol. The molecule has 0 spiro atoms. The average molecular weight is 269 g/mol. The molecule has 1 fully saturated rings. The van der Waals surface area contributed by atoms with Crippen LogP contribution < -0.4 is 10.1 Å². The molecule has 0 saturated carbocycles. The zero-order valence-corrected chi connectivity index (χ0v) is 11.7. The van der Waals surface area contributed by atoms with Crippen LogP contribution in [0.1, 0.15) is 30.1 Å². The van der Waals surface area contributed by atoms with Gasteiger partial charge in [0, 0.05) is 25.1 Å². The van der Waals surface area contributed by atoms with Crippen molar-refractivity contribution < 1.29 is 4.74 Å². The van der Waals surface area contributed by atoms with Crippen molar-refractivity contribution in [2.75, 3.05) is 13.2 Å². The minimum absolute atomic E-state index is 0.457. The molecule has 2 aliphatic rings. The molecule has 0 aliphatic carbocycles. The molecule has 1 N–H and O–H groups in total. The van der Waals surface area contributed by atoms with Crippen molar-refractivity contribution >= 4 is 0 Å². The second-order valence-corrected chi connectivity index (χ2v) is 5.65. The van der Waals surface area contributed by atoms with Crippen molar-refractivity contribution in [3.8, 4) is 17.0 Å². The first-order chi connectivity index (χ1) is 9.81. The van der Waals surface area contributed by atoms with Gasteiger partial charge in [-0.05, 0) is 49.2 Å². The zero-order valence-electron chi connectivity index (χ0n) is 11.7. The number of hydrogen-bond donors (Lipinski definition) is 1. The Morgan fingerprint density at radius 1 is 1.35 bits per heavy atom. The van der Waals surface area contributed by atoms with Crippen molar-refractivity contribution in [3.05, 3.63) is 35.5 Å². The Kier molecular flexibility index (Phi) is 2.77. The molecular formula is C16H19N3O. The maximum absolute atomic E-state index is 5.56. The summed E-state index contributed by atoms with van der Waals surface area (Å²) in [6.45, 7) is 1.92. The van der Waals surface area contributed by atoms with Crippen molar-refractivity contribution in [2.45, 2.75) is 25.3 Å². The summed E-state index contributed by atoms with van der Waals surface area (Å²) < 4.78 is 7.58. The van der Waals surface area contributed by atoms with Gasteiger partial charge in [-0.1, -0.05) is 0 Å². The number of aromatic nitrogens is 2. The minimum Gasteiger partial charge on any atom is -0.493 e. The van der Waals surface area contributed by atoms with Gasteiger partial charge >= 0.3 is 0 Å². The van der Waals surface area contributed by atoms with Crippen molar-refractivity contribution in [1.29, 1.82) is 0 Å². The van der Waals surface area contributed by atoms with Crippen LogP contribution >= 0.6 is 0 Å². The summed E-state index contributed by atoms with van der Waals surface area (Å²) in [5, 5.41) is 8.23. The number of nitrogens with zero attached hydrogens (tertiary/aromatic N) is 2. The van der Waals surface area contributed by atoms with Crippen LogP contribution in [0.4, 0.5) is 0 Å². The Morgan fingerprint density at radius 3 is 3.15 bits per heavy atom. The van der Waals surface area contributed by atoms with E-state index in [4.69, 9.17) is 4.74 Å².